The molecule has 0 spiro atoms. The van der Waals surface area contributed by atoms with Gasteiger partial charge in [0, 0.05) is 12.7 Å². The fraction of sp³-hybridized carbons (Fsp3) is 0.556. The molecular weight excluding hydrogens is 262 g/mol. The summed E-state index contributed by atoms with van der Waals surface area (Å²) in [6, 6.07) is 0. The number of carbonyl (C=O) groups excluding carboxylic acids is 1. The fourth-order valence-electron chi connectivity index (χ4n) is 1.23. The highest BCUT2D eigenvalue weighted by Crippen LogP contribution is 2.19. The van der Waals surface area contributed by atoms with Gasteiger partial charge in [0.15, 0.2) is 11.2 Å². The number of rotatable bonds is 6. The van der Waals surface area contributed by atoms with Crippen LogP contribution in [0, 0.1) is 10.1 Å². The summed E-state index contributed by atoms with van der Waals surface area (Å²) in [5.74, 6) is -0.0625. The molecule has 2 unspecified atom stereocenters. The molecular formula is C9H13N3O5S. The lowest BCUT2D eigenvalue weighted by Crippen LogP contribution is -2.20. The number of nitrogens with zero attached hydrogens (tertiary/aromatic N) is 2. The van der Waals surface area contributed by atoms with Crippen LogP contribution in [-0.2, 0) is 4.79 Å². The largest absolute Gasteiger partial charge is 0.390 e. The van der Waals surface area contributed by atoms with E-state index in [0.29, 0.717) is 5.75 Å². The molecule has 9 heteroatoms. The van der Waals surface area contributed by atoms with Gasteiger partial charge in [-0.2, -0.15) is 0 Å². The van der Waals surface area contributed by atoms with Crippen molar-refractivity contribution in [2.24, 2.45) is 0 Å². The average molecular weight is 275 g/mol. The molecule has 0 saturated carbocycles. The van der Waals surface area contributed by atoms with E-state index in [2.05, 4.69) is 9.97 Å². The van der Waals surface area contributed by atoms with Crippen LogP contribution in [0.2, 0.25) is 0 Å². The van der Waals surface area contributed by atoms with Gasteiger partial charge in [0.1, 0.15) is 6.20 Å². The predicted molar refractivity (Wildman–Crippen MR) is 64.0 cm³/mol. The SMILES string of the molecule is CC(=O)SCCC(O)C(O)c1ncc([N+](=O)[O-])[nH]1. The molecule has 100 valence electrons. The van der Waals surface area contributed by atoms with E-state index in [0.717, 1.165) is 18.0 Å². The van der Waals surface area contributed by atoms with E-state index in [1.165, 1.54) is 6.92 Å². The van der Waals surface area contributed by atoms with Gasteiger partial charge in [-0.15, -0.1) is 0 Å². The third-order valence-electron chi connectivity index (χ3n) is 2.14. The van der Waals surface area contributed by atoms with Crippen molar-refractivity contribution in [3.05, 3.63) is 22.1 Å². The maximum atomic E-state index is 10.7. The van der Waals surface area contributed by atoms with Gasteiger partial charge in [-0.3, -0.25) is 4.79 Å². The molecule has 0 aliphatic rings. The van der Waals surface area contributed by atoms with Crippen molar-refractivity contribution in [2.75, 3.05) is 5.75 Å². The number of thioether (sulfide) groups is 1. The maximum absolute atomic E-state index is 10.7. The number of aliphatic hydroxyl groups is 2. The molecule has 18 heavy (non-hydrogen) atoms. The number of hydrogen-bond acceptors (Lipinski definition) is 7. The van der Waals surface area contributed by atoms with E-state index in [1.807, 2.05) is 0 Å². The molecule has 0 radical (unpaired) electrons. The predicted octanol–water partition coefficient (Wildman–Crippen LogP) is 0.382. The van der Waals surface area contributed by atoms with Crippen LogP contribution < -0.4 is 0 Å². The van der Waals surface area contributed by atoms with Crippen molar-refractivity contribution >= 4 is 22.7 Å². The third kappa shape index (κ3) is 4.09. The summed E-state index contributed by atoms with van der Waals surface area (Å²) < 4.78 is 0. The molecule has 0 aliphatic heterocycles. The summed E-state index contributed by atoms with van der Waals surface area (Å²) >= 11 is 1.03. The van der Waals surface area contributed by atoms with Gasteiger partial charge >= 0.3 is 5.82 Å². The minimum atomic E-state index is -1.34. The first kappa shape index (κ1) is 14.6. The number of nitro groups is 1. The van der Waals surface area contributed by atoms with E-state index >= 15 is 0 Å². The monoisotopic (exact) mass is 275 g/mol. The molecule has 8 nitrogen and oxygen atoms in total. The van der Waals surface area contributed by atoms with Crippen molar-refractivity contribution in [1.29, 1.82) is 0 Å². The second-order valence-electron chi connectivity index (χ2n) is 3.55. The number of nitrogens with one attached hydrogen (secondary N) is 1. The van der Waals surface area contributed by atoms with Crippen LogP contribution in [0.4, 0.5) is 5.82 Å². The van der Waals surface area contributed by atoms with Gasteiger partial charge in [0.05, 0.1) is 6.10 Å². The maximum Gasteiger partial charge on any atom is 0.340 e. The van der Waals surface area contributed by atoms with Crippen molar-refractivity contribution in [1.82, 2.24) is 9.97 Å². The second kappa shape index (κ2) is 6.47. The summed E-state index contributed by atoms with van der Waals surface area (Å²) in [5, 5.41) is 29.6. The normalized spacial score (nSPS) is 14.2. The lowest BCUT2D eigenvalue weighted by Gasteiger charge is -2.13. The Bertz CT molecular complexity index is 436. The highest BCUT2D eigenvalue weighted by Gasteiger charge is 2.25. The standard InChI is InChI=1S/C9H13N3O5S/c1-5(13)18-3-2-6(14)8(15)9-10-4-7(11-9)12(16)17/h4,6,8,14-15H,2-3H2,1H3,(H,10,11). The first-order valence-corrected chi connectivity index (χ1v) is 6.09. The Morgan fingerprint density at radius 1 is 1.67 bits per heavy atom. The third-order valence-corrected chi connectivity index (χ3v) is 2.99. The molecule has 0 saturated heterocycles. The zero-order valence-corrected chi connectivity index (χ0v) is 10.4. The second-order valence-corrected chi connectivity index (χ2v) is 4.82. The van der Waals surface area contributed by atoms with Crippen LogP contribution in [0.5, 0.6) is 0 Å². The molecule has 0 amide bonds. The van der Waals surface area contributed by atoms with E-state index in [1.54, 1.807) is 0 Å². The van der Waals surface area contributed by atoms with Crippen LogP contribution >= 0.6 is 11.8 Å². The fourth-order valence-corrected chi connectivity index (χ4v) is 1.88. The first-order valence-electron chi connectivity index (χ1n) is 5.10. The number of hydrogen-bond donors (Lipinski definition) is 3. The van der Waals surface area contributed by atoms with Crippen LogP contribution in [0.1, 0.15) is 25.3 Å². The van der Waals surface area contributed by atoms with Crippen LogP contribution in [-0.4, -0.2) is 42.1 Å². The van der Waals surface area contributed by atoms with Crippen molar-refractivity contribution < 1.29 is 19.9 Å². The lowest BCUT2D eigenvalue weighted by molar-refractivity contribution is -0.389. The van der Waals surface area contributed by atoms with Crippen LogP contribution in [0.3, 0.4) is 0 Å². The molecule has 1 heterocycles. The quantitative estimate of drug-likeness (QED) is 0.505. The molecule has 0 fully saturated rings. The molecule has 1 aromatic heterocycles. The highest BCUT2D eigenvalue weighted by atomic mass is 32.2. The Hall–Kier alpha value is -1.45. The number of aromatic amines is 1. The van der Waals surface area contributed by atoms with E-state index < -0.39 is 17.1 Å². The zero-order valence-electron chi connectivity index (χ0n) is 9.57. The number of aliphatic hydroxyl groups excluding tert-OH is 2. The Labute approximate surface area is 107 Å². The first-order chi connectivity index (χ1) is 8.41. The van der Waals surface area contributed by atoms with E-state index in [4.69, 9.17) is 0 Å². The minimum Gasteiger partial charge on any atom is -0.390 e. The Kier molecular flexibility index (Phi) is 5.25. The van der Waals surface area contributed by atoms with Crippen LogP contribution in [0.25, 0.3) is 0 Å². The summed E-state index contributed by atoms with van der Waals surface area (Å²) in [4.78, 5) is 26.3. The number of carbonyl (C=O) groups is 1. The van der Waals surface area contributed by atoms with Gasteiger partial charge < -0.3 is 20.3 Å². The van der Waals surface area contributed by atoms with Gasteiger partial charge in [-0.1, -0.05) is 11.8 Å². The number of imidazole rings is 1. The molecule has 1 aromatic rings. The van der Waals surface area contributed by atoms with Gasteiger partial charge in [-0.25, -0.2) is 9.97 Å². The molecule has 0 aromatic carbocycles. The summed E-state index contributed by atoms with van der Waals surface area (Å²) in [5.41, 5.74) is 0. The summed E-state index contributed by atoms with van der Waals surface area (Å²) in [6.45, 7) is 1.41. The van der Waals surface area contributed by atoms with Gasteiger partial charge in [-0.05, 0) is 11.3 Å². The topological polar surface area (TPSA) is 129 Å². The molecule has 2 atom stereocenters. The van der Waals surface area contributed by atoms with Crippen LogP contribution in [0.15, 0.2) is 6.20 Å². The summed E-state index contributed by atoms with van der Waals surface area (Å²) in [7, 11) is 0. The smallest absolute Gasteiger partial charge is 0.340 e. The van der Waals surface area contributed by atoms with Crippen molar-refractivity contribution in [3.8, 4) is 0 Å². The Balaban J connectivity index is 2.53. The zero-order chi connectivity index (χ0) is 13.7. The number of H-pyrrole nitrogens is 1. The van der Waals surface area contributed by atoms with Gasteiger partial charge in [0.2, 0.25) is 5.82 Å². The Morgan fingerprint density at radius 3 is 2.83 bits per heavy atom. The number of aromatic nitrogens is 2. The van der Waals surface area contributed by atoms with Gasteiger partial charge in [0.25, 0.3) is 0 Å². The lowest BCUT2D eigenvalue weighted by atomic mass is 10.1. The van der Waals surface area contributed by atoms with E-state index in [-0.39, 0.29) is 23.2 Å². The molecule has 3 N–H and O–H groups in total. The highest BCUT2D eigenvalue weighted by molar-refractivity contribution is 8.13. The molecule has 0 aliphatic carbocycles. The Morgan fingerprint density at radius 2 is 2.33 bits per heavy atom. The van der Waals surface area contributed by atoms with E-state index in [9.17, 15) is 25.1 Å². The average Bonchev–Trinajstić information content (AvgIpc) is 2.76. The molecule has 0 bridgehead atoms. The molecule has 1 rings (SSSR count). The minimum absolute atomic E-state index is 0.0676. The summed E-state index contributed by atoms with van der Waals surface area (Å²) in [6.07, 6.45) is -1.33. The van der Waals surface area contributed by atoms with Crippen molar-refractivity contribution in [3.63, 3.8) is 0 Å². The van der Waals surface area contributed by atoms with Crippen molar-refractivity contribution in [2.45, 2.75) is 25.6 Å².